The number of rotatable bonds is 6. The number of benzene rings is 2. The first-order chi connectivity index (χ1) is 12.9. The van der Waals surface area contributed by atoms with Gasteiger partial charge in [0.05, 0.1) is 17.3 Å². The summed E-state index contributed by atoms with van der Waals surface area (Å²) in [5.74, 6) is -0.331. The molecule has 0 aliphatic heterocycles. The number of para-hydroxylation sites is 1. The van der Waals surface area contributed by atoms with Gasteiger partial charge < -0.3 is 9.72 Å². The summed E-state index contributed by atoms with van der Waals surface area (Å²) in [5.41, 5.74) is 2.72. The van der Waals surface area contributed by atoms with Gasteiger partial charge in [0.15, 0.2) is 6.61 Å². The standard InChI is InChI=1S/C21H20N2O4/c1-13-7-8-14(2)16(11-13)18(24)12-27-20(25)10-9-19-22-17-6-4-3-5-15(17)21(26)23-19/h3-8,11H,9-10,12H2,1-2H3,(H,22,23,26). The van der Waals surface area contributed by atoms with Crippen molar-refractivity contribution >= 4 is 22.7 Å². The first-order valence-corrected chi connectivity index (χ1v) is 8.68. The van der Waals surface area contributed by atoms with E-state index >= 15 is 0 Å². The molecule has 0 atom stereocenters. The van der Waals surface area contributed by atoms with Crippen LogP contribution in [0.2, 0.25) is 0 Å². The molecule has 1 aromatic heterocycles. The van der Waals surface area contributed by atoms with Crippen LogP contribution in [0.3, 0.4) is 0 Å². The zero-order chi connectivity index (χ0) is 19.4. The number of ether oxygens (including phenoxy) is 1. The number of H-pyrrole nitrogens is 1. The Morgan fingerprint density at radius 2 is 1.89 bits per heavy atom. The van der Waals surface area contributed by atoms with E-state index in [1.807, 2.05) is 26.0 Å². The fourth-order valence-electron chi connectivity index (χ4n) is 2.81. The molecular formula is C21H20N2O4. The van der Waals surface area contributed by atoms with Gasteiger partial charge in [-0.15, -0.1) is 0 Å². The molecule has 0 unspecified atom stereocenters. The molecule has 3 aromatic rings. The predicted octanol–water partition coefficient (Wildman–Crippen LogP) is 2.90. The minimum Gasteiger partial charge on any atom is -0.457 e. The topological polar surface area (TPSA) is 89.1 Å². The van der Waals surface area contributed by atoms with E-state index in [0.29, 0.717) is 22.3 Å². The predicted molar refractivity (Wildman–Crippen MR) is 102 cm³/mol. The number of nitrogens with one attached hydrogen (secondary N) is 1. The number of aryl methyl sites for hydroxylation is 3. The molecule has 3 rings (SSSR count). The number of hydrogen-bond donors (Lipinski definition) is 1. The lowest BCUT2D eigenvalue weighted by Crippen LogP contribution is -2.17. The monoisotopic (exact) mass is 364 g/mol. The van der Waals surface area contributed by atoms with Crippen LogP contribution in [-0.4, -0.2) is 28.3 Å². The molecule has 6 nitrogen and oxygen atoms in total. The molecule has 0 aliphatic rings. The van der Waals surface area contributed by atoms with Crippen molar-refractivity contribution < 1.29 is 14.3 Å². The van der Waals surface area contributed by atoms with Gasteiger partial charge in [0.1, 0.15) is 5.82 Å². The second-order valence-electron chi connectivity index (χ2n) is 6.43. The van der Waals surface area contributed by atoms with Crippen molar-refractivity contribution in [3.05, 3.63) is 75.3 Å². The summed E-state index contributed by atoms with van der Waals surface area (Å²) in [4.78, 5) is 43.2. The van der Waals surface area contributed by atoms with Crippen LogP contribution in [0.4, 0.5) is 0 Å². The lowest BCUT2D eigenvalue weighted by molar-refractivity contribution is -0.142. The molecule has 0 aliphatic carbocycles. The Kier molecular flexibility index (Phi) is 5.45. The van der Waals surface area contributed by atoms with Gasteiger partial charge in [0.25, 0.3) is 5.56 Å². The normalized spacial score (nSPS) is 10.7. The maximum atomic E-state index is 12.3. The summed E-state index contributed by atoms with van der Waals surface area (Å²) >= 11 is 0. The van der Waals surface area contributed by atoms with Crippen LogP contribution >= 0.6 is 0 Å². The van der Waals surface area contributed by atoms with Crippen LogP contribution in [-0.2, 0) is 16.0 Å². The van der Waals surface area contributed by atoms with Gasteiger partial charge in [0.2, 0.25) is 5.78 Å². The average molecular weight is 364 g/mol. The summed E-state index contributed by atoms with van der Waals surface area (Å²) in [5, 5.41) is 0.503. The number of Topliss-reactive ketones (excluding diaryl/α,β-unsaturated/α-hetero) is 1. The second-order valence-corrected chi connectivity index (χ2v) is 6.43. The van der Waals surface area contributed by atoms with Crippen LogP contribution in [0.1, 0.15) is 33.7 Å². The molecular weight excluding hydrogens is 344 g/mol. The van der Waals surface area contributed by atoms with Gasteiger partial charge in [-0.2, -0.15) is 0 Å². The highest BCUT2D eigenvalue weighted by Gasteiger charge is 2.13. The quantitative estimate of drug-likeness (QED) is 0.537. The highest BCUT2D eigenvalue weighted by Crippen LogP contribution is 2.12. The molecule has 0 saturated carbocycles. The first-order valence-electron chi connectivity index (χ1n) is 8.68. The maximum absolute atomic E-state index is 12.3. The zero-order valence-corrected chi connectivity index (χ0v) is 15.2. The van der Waals surface area contributed by atoms with E-state index in [1.165, 1.54) is 0 Å². The molecule has 0 radical (unpaired) electrons. The zero-order valence-electron chi connectivity index (χ0n) is 15.2. The van der Waals surface area contributed by atoms with Crippen LogP contribution in [0.5, 0.6) is 0 Å². The van der Waals surface area contributed by atoms with Gasteiger partial charge >= 0.3 is 5.97 Å². The largest absolute Gasteiger partial charge is 0.457 e. The van der Waals surface area contributed by atoms with Crippen molar-refractivity contribution in [1.29, 1.82) is 0 Å². The molecule has 1 N–H and O–H groups in total. The number of carbonyl (C=O) groups excluding carboxylic acids is 2. The molecule has 2 aromatic carbocycles. The molecule has 0 bridgehead atoms. The number of hydrogen-bond acceptors (Lipinski definition) is 5. The summed E-state index contributed by atoms with van der Waals surface area (Å²) in [6.07, 6.45) is 0.262. The van der Waals surface area contributed by atoms with Crippen molar-refractivity contribution in [2.24, 2.45) is 0 Å². The smallest absolute Gasteiger partial charge is 0.306 e. The van der Waals surface area contributed by atoms with Gasteiger partial charge in [-0.05, 0) is 37.6 Å². The Morgan fingerprint density at radius 3 is 2.70 bits per heavy atom. The first kappa shape index (κ1) is 18.5. The Bertz CT molecular complexity index is 1070. The lowest BCUT2D eigenvalue weighted by atomic mass is 10.0. The Balaban J connectivity index is 1.58. The van der Waals surface area contributed by atoms with Crippen molar-refractivity contribution in [3.63, 3.8) is 0 Å². The van der Waals surface area contributed by atoms with Gasteiger partial charge in [-0.1, -0.05) is 29.8 Å². The van der Waals surface area contributed by atoms with E-state index in [9.17, 15) is 14.4 Å². The van der Waals surface area contributed by atoms with E-state index < -0.39 is 5.97 Å². The number of aromatic nitrogens is 2. The average Bonchev–Trinajstić information content (AvgIpc) is 2.66. The van der Waals surface area contributed by atoms with Crippen molar-refractivity contribution in [2.45, 2.75) is 26.7 Å². The minimum absolute atomic E-state index is 0.0291. The fraction of sp³-hybridized carbons (Fsp3) is 0.238. The number of ketones is 1. The van der Waals surface area contributed by atoms with E-state index in [1.54, 1.807) is 30.3 Å². The number of fused-ring (bicyclic) bond motifs is 1. The van der Waals surface area contributed by atoms with E-state index in [2.05, 4.69) is 9.97 Å². The Labute approximate surface area is 156 Å². The molecule has 0 amide bonds. The number of esters is 1. The van der Waals surface area contributed by atoms with Crippen molar-refractivity contribution in [3.8, 4) is 0 Å². The third-order valence-corrected chi connectivity index (χ3v) is 4.29. The number of carbonyl (C=O) groups is 2. The minimum atomic E-state index is -0.510. The van der Waals surface area contributed by atoms with Crippen LogP contribution in [0, 0.1) is 13.8 Å². The Hall–Kier alpha value is -3.28. The SMILES string of the molecule is Cc1ccc(C)c(C(=O)COC(=O)CCc2nc3ccccc3c(=O)[nH]2)c1. The van der Waals surface area contributed by atoms with E-state index in [-0.39, 0.29) is 30.8 Å². The van der Waals surface area contributed by atoms with Gasteiger partial charge in [0, 0.05) is 12.0 Å². The summed E-state index contributed by atoms with van der Waals surface area (Å²) in [6.45, 7) is 3.45. The van der Waals surface area contributed by atoms with Gasteiger partial charge in [-0.3, -0.25) is 14.4 Å². The summed E-state index contributed by atoms with van der Waals surface area (Å²) in [7, 11) is 0. The molecule has 6 heteroatoms. The summed E-state index contributed by atoms with van der Waals surface area (Å²) < 4.78 is 5.08. The fourth-order valence-corrected chi connectivity index (χ4v) is 2.81. The lowest BCUT2D eigenvalue weighted by Gasteiger charge is -2.08. The highest BCUT2D eigenvalue weighted by atomic mass is 16.5. The Morgan fingerprint density at radius 1 is 1.11 bits per heavy atom. The van der Waals surface area contributed by atoms with Gasteiger partial charge in [-0.25, -0.2) is 4.98 Å². The highest BCUT2D eigenvalue weighted by molar-refractivity contribution is 5.99. The van der Waals surface area contributed by atoms with Crippen molar-refractivity contribution in [1.82, 2.24) is 9.97 Å². The van der Waals surface area contributed by atoms with Crippen LogP contribution in [0.25, 0.3) is 10.9 Å². The van der Waals surface area contributed by atoms with Crippen molar-refractivity contribution in [2.75, 3.05) is 6.61 Å². The van der Waals surface area contributed by atoms with E-state index in [0.717, 1.165) is 11.1 Å². The summed E-state index contributed by atoms with van der Waals surface area (Å²) in [6, 6.07) is 12.6. The van der Waals surface area contributed by atoms with E-state index in [4.69, 9.17) is 4.74 Å². The molecule has 138 valence electrons. The van der Waals surface area contributed by atoms with Crippen LogP contribution < -0.4 is 5.56 Å². The molecule has 1 heterocycles. The third-order valence-electron chi connectivity index (χ3n) is 4.29. The third kappa shape index (κ3) is 4.47. The number of nitrogens with zero attached hydrogens (tertiary/aromatic N) is 1. The molecule has 27 heavy (non-hydrogen) atoms. The molecule has 0 fully saturated rings. The molecule has 0 saturated heterocycles. The van der Waals surface area contributed by atoms with Crippen LogP contribution in [0.15, 0.2) is 47.3 Å². The maximum Gasteiger partial charge on any atom is 0.306 e. The second kappa shape index (κ2) is 7.95. The number of aromatic amines is 1. The molecule has 0 spiro atoms.